The Morgan fingerprint density at radius 1 is 1.56 bits per heavy atom. The van der Waals surface area contributed by atoms with Gasteiger partial charge in [0.05, 0.1) is 10.6 Å². The summed E-state index contributed by atoms with van der Waals surface area (Å²) in [5, 5.41) is 0. The van der Waals surface area contributed by atoms with Crippen LogP contribution in [0.3, 0.4) is 0 Å². The molecule has 9 heavy (non-hydrogen) atoms. The molecular weight excluding hydrogens is 180 g/mol. The molecule has 1 rings (SSSR count). The monoisotopic (exact) mass is 188 g/mol. The second-order valence-corrected chi connectivity index (χ2v) is 4.43. The number of hydrogen-bond acceptors (Lipinski definition) is 1. The third kappa shape index (κ3) is 1.58. The van der Waals surface area contributed by atoms with E-state index in [1.807, 2.05) is 26.0 Å². The third-order valence-electron chi connectivity index (χ3n) is 1.11. The lowest BCUT2D eigenvalue weighted by atomic mass is 10.2. The summed E-state index contributed by atoms with van der Waals surface area (Å²) >= 11 is 3.47. The van der Waals surface area contributed by atoms with Crippen molar-refractivity contribution < 1.29 is 4.42 Å². The Bertz CT molecular complexity index is 171. The van der Waals surface area contributed by atoms with E-state index in [2.05, 4.69) is 15.9 Å². The molecule has 0 aliphatic carbocycles. The summed E-state index contributed by atoms with van der Waals surface area (Å²) in [5.74, 6) is 0.961. The third-order valence-corrected chi connectivity index (χ3v) is 1.50. The van der Waals surface area contributed by atoms with Gasteiger partial charge < -0.3 is 4.42 Å². The molecule has 0 fully saturated rings. The van der Waals surface area contributed by atoms with Crippen molar-refractivity contribution >= 4 is 15.9 Å². The van der Waals surface area contributed by atoms with Gasteiger partial charge in [0.1, 0.15) is 5.76 Å². The van der Waals surface area contributed by atoms with E-state index in [-0.39, 0.29) is 4.32 Å². The largest absolute Gasteiger partial charge is 0.468 e. The van der Waals surface area contributed by atoms with Gasteiger partial charge in [-0.05, 0) is 26.0 Å². The molecule has 0 N–H and O–H groups in total. The fraction of sp³-hybridized carbons (Fsp3) is 0.429. The SMILES string of the molecule is CC(C)(Br)c1ccco1. The van der Waals surface area contributed by atoms with Gasteiger partial charge in [-0.3, -0.25) is 0 Å². The van der Waals surface area contributed by atoms with Gasteiger partial charge in [0.2, 0.25) is 0 Å². The lowest BCUT2D eigenvalue weighted by molar-refractivity contribution is 0.473. The molecule has 0 bridgehead atoms. The van der Waals surface area contributed by atoms with E-state index < -0.39 is 0 Å². The Morgan fingerprint density at radius 2 is 2.22 bits per heavy atom. The summed E-state index contributed by atoms with van der Waals surface area (Å²) < 4.78 is 5.12. The van der Waals surface area contributed by atoms with Crippen LogP contribution in [0, 0.1) is 0 Å². The molecule has 1 heterocycles. The molecule has 2 heteroatoms. The Morgan fingerprint density at radius 3 is 2.44 bits per heavy atom. The Balaban J connectivity index is 2.90. The first-order valence-electron chi connectivity index (χ1n) is 2.83. The molecule has 0 aliphatic heterocycles. The Kier molecular flexibility index (Phi) is 1.66. The van der Waals surface area contributed by atoms with Crippen LogP contribution in [0.4, 0.5) is 0 Å². The van der Waals surface area contributed by atoms with E-state index in [1.54, 1.807) is 6.26 Å². The minimum Gasteiger partial charge on any atom is -0.468 e. The van der Waals surface area contributed by atoms with Crippen LogP contribution in [0.5, 0.6) is 0 Å². The maximum Gasteiger partial charge on any atom is 0.119 e. The quantitative estimate of drug-likeness (QED) is 0.619. The van der Waals surface area contributed by atoms with E-state index in [4.69, 9.17) is 4.42 Å². The highest BCUT2D eigenvalue weighted by atomic mass is 79.9. The average Bonchev–Trinajstić information content (AvgIpc) is 2.08. The number of halogens is 1. The highest BCUT2D eigenvalue weighted by Gasteiger charge is 2.17. The lowest BCUT2D eigenvalue weighted by Crippen LogP contribution is -2.03. The minimum absolute atomic E-state index is 0.0312. The van der Waals surface area contributed by atoms with Crippen molar-refractivity contribution in [3.05, 3.63) is 24.2 Å². The van der Waals surface area contributed by atoms with Crippen molar-refractivity contribution in [3.8, 4) is 0 Å². The van der Waals surface area contributed by atoms with Crippen molar-refractivity contribution in [2.45, 2.75) is 18.2 Å². The topological polar surface area (TPSA) is 13.1 Å². The first-order valence-corrected chi connectivity index (χ1v) is 3.63. The molecule has 0 atom stereocenters. The fourth-order valence-corrected chi connectivity index (χ4v) is 0.842. The van der Waals surface area contributed by atoms with Crippen molar-refractivity contribution in [2.24, 2.45) is 0 Å². The molecule has 1 aromatic heterocycles. The highest BCUT2D eigenvalue weighted by Crippen LogP contribution is 2.29. The number of rotatable bonds is 1. The minimum atomic E-state index is -0.0312. The van der Waals surface area contributed by atoms with Crippen LogP contribution >= 0.6 is 15.9 Å². The van der Waals surface area contributed by atoms with Gasteiger partial charge in [0, 0.05) is 0 Å². The molecule has 1 nitrogen and oxygen atoms in total. The molecule has 0 saturated heterocycles. The van der Waals surface area contributed by atoms with Crippen LogP contribution < -0.4 is 0 Å². The van der Waals surface area contributed by atoms with E-state index in [9.17, 15) is 0 Å². The van der Waals surface area contributed by atoms with Gasteiger partial charge in [0.25, 0.3) is 0 Å². The zero-order chi connectivity index (χ0) is 6.91. The van der Waals surface area contributed by atoms with Gasteiger partial charge >= 0.3 is 0 Å². The van der Waals surface area contributed by atoms with Gasteiger partial charge in [-0.15, -0.1) is 0 Å². The van der Waals surface area contributed by atoms with E-state index in [0.717, 1.165) is 5.76 Å². The first kappa shape index (κ1) is 6.87. The lowest BCUT2D eigenvalue weighted by Gasteiger charge is -2.10. The van der Waals surface area contributed by atoms with Crippen LogP contribution in [0.2, 0.25) is 0 Å². The maximum absolute atomic E-state index is 5.15. The molecule has 1 aromatic rings. The normalized spacial score (nSPS) is 11.9. The maximum atomic E-state index is 5.15. The molecule has 0 saturated carbocycles. The van der Waals surface area contributed by atoms with Crippen LogP contribution in [-0.4, -0.2) is 0 Å². The Hall–Kier alpha value is -0.240. The van der Waals surface area contributed by atoms with Crippen molar-refractivity contribution in [1.29, 1.82) is 0 Å². The Labute approximate surface area is 63.2 Å². The first-order chi connectivity index (χ1) is 4.11. The zero-order valence-corrected chi connectivity index (χ0v) is 7.10. The number of hydrogen-bond donors (Lipinski definition) is 0. The van der Waals surface area contributed by atoms with Crippen LogP contribution in [0.25, 0.3) is 0 Å². The zero-order valence-electron chi connectivity index (χ0n) is 5.52. The molecule has 0 amide bonds. The number of furan rings is 1. The highest BCUT2D eigenvalue weighted by molar-refractivity contribution is 9.09. The van der Waals surface area contributed by atoms with E-state index in [0.29, 0.717) is 0 Å². The van der Waals surface area contributed by atoms with Gasteiger partial charge in [-0.1, -0.05) is 15.9 Å². The summed E-state index contributed by atoms with van der Waals surface area (Å²) in [6.07, 6.45) is 1.68. The average molecular weight is 189 g/mol. The second-order valence-electron chi connectivity index (χ2n) is 2.45. The smallest absolute Gasteiger partial charge is 0.119 e. The van der Waals surface area contributed by atoms with Crippen molar-refractivity contribution in [2.75, 3.05) is 0 Å². The number of alkyl halides is 1. The molecule has 0 unspecified atom stereocenters. The fourth-order valence-electron chi connectivity index (χ4n) is 0.617. The van der Waals surface area contributed by atoms with Gasteiger partial charge in [0.15, 0.2) is 0 Å². The molecule has 0 aliphatic rings. The molecule has 0 radical (unpaired) electrons. The molecule has 0 spiro atoms. The summed E-state index contributed by atoms with van der Waals surface area (Å²) in [4.78, 5) is 0. The summed E-state index contributed by atoms with van der Waals surface area (Å²) in [7, 11) is 0. The van der Waals surface area contributed by atoms with Crippen LogP contribution in [-0.2, 0) is 4.32 Å². The van der Waals surface area contributed by atoms with Crippen molar-refractivity contribution in [1.82, 2.24) is 0 Å². The predicted octanol–water partition coefficient (Wildman–Crippen LogP) is 2.91. The second kappa shape index (κ2) is 2.18. The summed E-state index contributed by atoms with van der Waals surface area (Å²) in [6.45, 7) is 4.09. The molecule has 0 aromatic carbocycles. The standard InChI is InChI=1S/C7H9BrO/c1-7(2,8)6-4-3-5-9-6/h3-5H,1-2H3. The van der Waals surface area contributed by atoms with Crippen LogP contribution in [0.1, 0.15) is 19.6 Å². The van der Waals surface area contributed by atoms with Crippen molar-refractivity contribution in [3.63, 3.8) is 0 Å². The van der Waals surface area contributed by atoms with Crippen LogP contribution in [0.15, 0.2) is 22.8 Å². The summed E-state index contributed by atoms with van der Waals surface area (Å²) in [6, 6.07) is 3.84. The summed E-state index contributed by atoms with van der Waals surface area (Å²) in [5.41, 5.74) is 0. The van der Waals surface area contributed by atoms with Gasteiger partial charge in [-0.25, -0.2) is 0 Å². The van der Waals surface area contributed by atoms with E-state index in [1.165, 1.54) is 0 Å². The molecular formula is C7H9BrO. The van der Waals surface area contributed by atoms with Gasteiger partial charge in [-0.2, -0.15) is 0 Å². The molecule has 50 valence electrons. The predicted molar refractivity (Wildman–Crippen MR) is 40.7 cm³/mol. The van der Waals surface area contributed by atoms with E-state index >= 15 is 0 Å².